The molecule has 0 aromatic carbocycles. The highest BCUT2D eigenvalue weighted by molar-refractivity contribution is 8.00. The molecule has 29 heavy (non-hydrogen) atoms. The number of amides is 3. The summed E-state index contributed by atoms with van der Waals surface area (Å²) >= 11 is 2.46. The molecule has 0 bridgehead atoms. The minimum absolute atomic E-state index is 0.0914. The predicted molar refractivity (Wildman–Crippen MR) is 104 cm³/mol. The van der Waals surface area contributed by atoms with E-state index in [1.807, 2.05) is 6.92 Å². The number of thiazole rings is 1. The van der Waals surface area contributed by atoms with E-state index in [2.05, 4.69) is 20.4 Å². The quantitative estimate of drug-likeness (QED) is 0.227. The van der Waals surface area contributed by atoms with Crippen molar-refractivity contribution in [2.24, 2.45) is 10.1 Å². The van der Waals surface area contributed by atoms with Crippen molar-refractivity contribution in [2.75, 3.05) is 6.61 Å². The Morgan fingerprint density at radius 1 is 1.48 bits per heavy atom. The summed E-state index contributed by atoms with van der Waals surface area (Å²) in [7, 11) is 0. The number of aromatic nitrogens is 1. The summed E-state index contributed by atoms with van der Waals surface area (Å²) in [5.41, 5.74) is 0.0526. The summed E-state index contributed by atoms with van der Waals surface area (Å²) in [5, 5.41) is 16.6. The number of β-lactam (4-membered cyclic amide) rings is 1. The zero-order chi connectivity index (χ0) is 21.1. The Labute approximate surface area is 172 Å². The van der Waals surface area contributed by atoms with Gasteiger partial charge in [0.1, 0.15) is 23.7 Å². The lowest BCUT2D eigenvalue weighted by Gasteiger charge is -2.49. The summed E-state index contributed by atoms with van der Waals surface area (Å²) in [6.45, 7) is 3.72. The van der Waals surface area contributed by atoms with Gasteiger partial charge in [0, 0.05) is 10.6 Å². The maximum absolute atomic E-state index is 12.8. The molecule has 2 aliphatic rings. The zero-order valence-corrected chi connectivity index (χ0v) is 17.0. The Hall–Kier alpha value is -2.93. The van der Waals surface area contributed by atoms with Crippen LogP contribution < -0.4 is 10.1 Å². The first kappa shape index (κ1) is 20.8. The van der Waals surface area contributed by atoms with Crippen LogP contribution in [0.25, 0.3) is 0 Å². The number of carbonyl (C=O) groups is 4. The van der Waals surface area contributed by atoms with Crippen LogP contribution in [0.1, 0.15) is 19.5 Å². The fourth-order valence-corrected chi connectivity index (χ4v) is 4.80. The first-order chi connectivity index (χ1) is 13.9. The molecule has 3 rings (SSSR count). The standard InChI is InChI=1S/C16H17N5O6S2/c1-3-27-20-10(8-5-28-16(18-8)17-6-22)12(23)19-11-13(24)21-9(15(25)26)4-7(2)29-14(11)21/h4-7,11,14H,3H2,1-2H3,(H,19,23)(H,25,26)(H,17,18,22)/t7?,11?,14-/m0/s1. The molecule has 13 heteroatoms. The summed E-state index contributed by atoms with van der Waals surface area (Å²) in [6.07, 6.45) is 1.86. The number of hydrogen-bond donors (Lipinski definition) is 3. The molecule has 0 aliphatic carbocycles. The van der Waals surface area contributed by atoms with Gasteiger partial charge in [0.25, 0.3) is 11.8 Å². The van der Waals surface area contributed by atoms with Gasteiger partial charge in [-0.25, -0.2) is 4.79 Å². The second-order valence-electron chi connectivity index (χ2n) is 5.92. The molecule has 2 unspecified atom stereocenters. The van der Waals surface area contributed by atoms with Gasteiger partial charge in [0.2, 0.25) is 6.41 Å². The number of aliphatic carboxylic acids is 1. The molecule has 1 aromatic heterocycles. The number of carboxylic acids is 1. The lowest BCUT2D eigenvalue weighted by molar-refractivity contribution is -0.150. The maximum Gasteiger partial charge on any atom is 0.352 e. The van der Waals surface area contributed by atoms with Gasteiger partial charge in [-0.15, -0.1) is 23.1 Å². The zero-order valence-electron chi connectivity index (χ0n) is 15.3. The van der Waals surface area contributed by atoms with Crippen LogP contribution in [-0.4, -0.2) is 68.2 Å². The van der Waals surface area contributed by atoms with Crippen LogP contribution in [0.2, 0.25) is 0 Å². The number of H-pyrrole nitrogens is 1. The Kier molecular flexibility index (Phi) is 6.17. The van der Waals surface area contributed by atoms with E-state index in [1.54, 1.807) is 6.92 Å². The second-order valence-corrected chi connectivity index (χ2v) is 8.28. The Balaban J connectivity index is 1.81. The molecule has 1 saturated heterocycles. The van der Waals surface area contributed by atoms with Gasteiger partial charge in [-0.2, -0.15) is 4.99 Å². The van der Waals surface area contributed by atoms with Crippen molar-refractivity contribution in [3.63, 3.8) is 0 Å². The van der Waals surface area contributed by atoms with E-state index in [1.165, 1.54) is 23.2 Å². The van der Waals surface area contributed by atoms with Crippen molar-refractivity contribution in [2.45, 2.75) is 30.5 Å². The first-order valence-corrected chi connectivity index (χ1v) is 10.3. The molecule has 0 radical (unpaired) electrons. The monoisotopic (exact) mass is 439 g/mol. The number of carbonyl (C=O) groups excluding carboxylic acids is 3. The van der Waals surface area contributed by atoms with Gasteiger partial charge in [0.15, 0.2) is 10.5 Å². The van der Waals surface area contributed by atoms with Gasteiger partial charge in [-0.05, 0) is 19.9 Å². The molecule has 0 spiro atoms. The highest BCUT2D eigenvalue weighted by Crippen LogP contribution is 2.40. The minimum atomic E-state index is -1.20. The number of nitrogens with one attached hydrogen (secondary N) is 2. The van der Waals surface area contributed by atoms with Gasteiger partial charge in [-0.3, -0.25) is 19.3 Å². The predicted octanol–water partition coefficient (Wildman–Crippen LogP) is -0.369. The molecular weight excluding hydrogens is 422 g/mol. The van der Waals surface area contributed by atoms with E-state index >= 15 is 0 Å². The molecule has 1 fully saturated rings. The van der Waals surface area contributed by atoms with Crippen molar-refractivity contribution in [3.05, 3.63) is 27.6 Å². The topological polar surface area (TPSA) is 154 Å². The maximum atomic E-state index is 12.8. The molecule has 0 saturated carbocycles. The van der Waals surface area contributed by atoms with Crippen molar-refractivity contribution in [1.29, 1.82) is 0 Å². The number of fused-ring (bicyclic) bond motifs is 1. The fraction of sp³-hybridized carbons (Fsp3) is 0.375. The Morgan fingerprint density at radius 2 is 2.24 bits per heavy atom. The van der Waals surface area contributed by atoms with Gasteiger partial charge < -0.3 is 20.2 Å². The third-order valence-electron chi connectivity index (χ3n) is 4.01. The average Bonchev–Trinajstić information content (AvgIpc) is 3.14. The second kappa shape index (κ2) is 8.61. The number of nitrogens with zero attached hydrogens (tertiary/aromatic N) is 3. The van der Waals surface area contributed by atoms with Crippen LogP contribution in [-0.2, 0) is 24.0 Å². The lowest BCUT2D eigenvalue weighted by Crippen LogP contribution is -2.71. The van der Waals surface area contributed by atoms with E-state index in [0.29, 0.717) is 6.41 Å². The largest absolute Gasteiger partial charge is 0.477 e. The van der Waals surface area contributed by atoms with Gasteiger partial charge >= 0.3 is 5.97 Å². The Bertz CT molecular complexity index is 980. The van der Waals surface area contributed by atoms with E-state index < -0.39 is 29.2 Å². The van der Waals surface area contributed by atoms with Crippen LogP contribution in [0, 0.1) is 0 Å². The van der Waals surface area contributed by atoms with Crippen LogP contribution >= 0.6 is 23.1 Å². The summed E-state index contributed by atoms with van der Waals surface area (Å²) in [5.74, 6) is -2.39. The smallest absolute Gasteiger partial charge is 0.352 e. The SMILES string of the molecule is CCON=C(C(=O)NC1C(=O)N2C(C(=O)O)=CC(C)S[C@@H]12)c1csc(=NC=O)[nH]1. The van der Waals surface area contributed by atoms with Crippen molar-refractivity contribution < 1.29 is 29.1 Å². The van der Waals surface area contributed by atoms with Crippen LogP contribution in [0.15, 0.2) is 27.3 Å². The van der Waals surface area contributed by atoms with Crippen molar-refractivity contribution >= 4 is 53.0 Å². The van der Waals surface area contributed by atoms with Crippen LogP contribution in [0.3, 0.4) is 0 Å². The van der Waals surface area contributed by atoms with E-state index in [0.717, 1.165) is 16.2 Å². The van der Waals surface area contributed by atoms with E-state index in [4.69, 9.17) is 4.84 Å². The number of aromatic amines is 1. The summed E-state index contributed by atoms with van der Waals surface area (Å²) in [4.78, 5) is 59.9. The van der Waals surface area contributed by atoms with Gasteiger partial charge in [-0.1, -0.05) is 5.16 Å². The first-order valence-electron chi connectivity index (χ1n) is 8.47. The normalized spacial score (nSPS) is 24.3. The van der Waals surface area contributed by atoms with Crippen molar-refractivity contribution in [1.82, 2.24) is 15.2 Å². The molecule has 1 aromatic rings. The summed E-state index contributed by atoms with van der Waals surface area (Å²) in [6, 6.07) is -0.900. The highest BCUT2D eigenvalue weighted by atomic mass is 32.2. The molecule has 154 valence electrons. The highest BCUT2D eigenvalue weighted by Gasteiger charge is 2.54. The molecule has 3 amide bonds. The molecule has 3 atom stereocenters. The average molecular weight is 439 g/mol. The lowest BCUT2D eigenvalue weighted by atomic mass is 10.0. The molecule has 3 heterocycles. The van der Waals surface area contributed by atoms with Gasteiger partial charge in [0.05, 0.1) is 5.69 Å². The molecule has 3 N–H and O–H groups in total. The van der Waals surface area contributed by atoms with E-state index in [9.17, 15) is 24.3 Å². The number of carboxylic acid groups (broad SMARTS) is 1. The van der Waals surface area contributed by atoms with Crippen molar-refractivity contribution in [3.8, 4) is 0 Å². The number of thioether (sulfide) groups is 1. The third-order valence-corrected chi connectivity index (χ3v) is 6.12. The summed E-state index contributed by atoms with van der Waals surface area (Å²) < 4.78 is 0. The fourth-order valence-electron chi connectivity index (χ4n) is 2.79. The van der Waals surface area contributed by atoms with Crippen LogP contribution in [0.5, 0.6) is 0 Å². The number of rotatable bonds is 7. The minimum Gasteiger partial charge on any atom is -0.477 e. The van der Waals surface area contributed by atoms with E-state index in [-0.39, 0.29) is 33.8 Å². The van der Waals surface area contributed by atoms with Crippen LogP contribution in [0.4, 0.5) is 0 Å². The number of hydrogen-bond acceptors (Lipinski definition) is 8. The number of oxime groups is 1. The molecular formula is C16H17N5O6S2. The Morgan fingerprint density at radius 3 is 2.90 bits per heavy atom. The third kappa shape index (κ3) is 4.10. The molecule has 11 nitrogen and oxygen atoms in total. The molecule has 2 aliphatic heterocycles.